The maximum atomic E-state index is 12.8. The number of para-hydroxylation sites is 2. The number of benzene rings is 2. The number of aryl methyl sites for hydroxylation is 1. The Labute approximate surface area is 163 Å². The molecule has 0 N–H and O–H groups in total. The molecule has 2 heterocycles. The van der Waals surface area contributed by atoms with Gasteiger partial charge in [-0.25, -0.2) is 4.98 Å². The number of anilines is 1. The molecule has 1 aromatic heterocycles. The molecule has 0 spiro atoms. The number of carbonyl (C=O) groups is 1. The van der Waals surface area contributed by atoms with E-state index in [1.54, 1.807) is 30.2 Å². The van der Waals surface area contributed by atoms with Crippen molar-refractivity contribution in [2.45, 2.75) is 32.2 Å². The van der Waals surface area contributed by atoms with Gasteiger partial charge in [-0.1, -0.05) is 30.7 Å². The van der Waals surface area contributed by atoms with Crippen molar-refractivity contribution >= 4 is 34.2 Å². The molecule has 0 radical (unpaired) electrons. The van der Waals surface area contributed by atoms with Gasteiger partial charge in [0.05, 0.1) is 23.8 Å². The van der Waals surface area contributed by atoms with Gasteiger partial charge in [0.15, 0.2) is 0 Å². The third-order valence-corrected chi connectivity index (χ3v) is 5.29. The van der Waals surface area contributed by atoms with Crippen LogP contribution in [0.2, 0.25) is 5.02 Å². The zero-order chi connectivity index (χ0) is 19.0. The van der Waals surface area contributed by atoms with Crippen LogP contribution in [0.25, 0.3) is 11.0 Å². The summed E-state index contributed by atoms with van der Waals surface area (Å²) >= 11 is 6.16. The van der Waals surface area contributed by atoms with E-state index in [4.69, 9.17) is 21.3 Å². The maximum Gasteiger partial charge on any atom is 0.227 e. The lowest BCUT2D eigenvalue weighted by Crippen LogP contribution is -2.25. The first-order valence-electron chi connectivity index (χ1n) is 9.21. The third-order valence-electron chi connectivity index (χ3n) is 5.05. The molecule has 3 aromatic rings. The number of fused-ring (bicyclic) bond motifs is 1. The Kier molecular flexibility index (Phi) is 4.79. The molecular weight excluding hydrogens is 362 g/mol. The van der Waals surface area contributed by atoms with Gasteiger partial charge >= 0.3 is 0 Å². The Morgan fingerprint density at radius 1 is 1.26 bits per heavy atom. The van der Waals surface area contributed by atoms with Gasteiger partial charge in [-0.05, 0) is 36.8 Å². The highest BCUT2D eigenvalue weighted by molar-refractivity contribution is 6.31. The van der Waals surface area contributed by atoms with Gasteiger partial charge in [-0.3, -0.25) is 4.79 Å². The monoisotopic (exact) mass is 383 g/mol. The summed E-state index contributed by atoms with van der Waals surface area (Å²) in [4.78, 5) is 19.4. The number of hydrogen-bond acceptors (Lipinski definition) is 3. The van der Waals surface area contributed by atoms with Crippen molar-refractivity contribution in [1.82, 2.24) is 9.55 Å². The second-order valence-corrected chi connectivity index (χ2v) is 7.27. The maximum absolute atomic E-state index is 12.8. The number of amides is 1. The fraction of sp³-hybridized carbons (Fsp3) is 0.333. The Morgan fingerprint density at radius 3 is 2.85 bits per heavy atom. The first kappa shape index (κ1) is 17.9. The molecule has 1 atom stereocenters. The largest absolute Gasteiger partial charge is 0.495 e. The summed E-state index contributed by atoms with van der Waals surface area (Å²) in [5.74, 6) is 1.74. The lowest BCUT2D eigenvalue weighted by molar-refractivity contribution is -0.117. The molecule has 6 heteroatoms. The van der Waals surface area contributed by atoms with Crippen molar-refractivity contribution in [3.05, 3.63) is 53.3 Å². The topological polar surface area (TPSA) is 47.4 Å². The summed E-state index contributed by atoms with van der Waals surface area (Å²) in [6.45, 7) is 3.62. The number of halogens is 1. The number of imidazole rings is 1. The van der Waals surface area contributed by atoms with Gasteiger partial charge in [0, 0.05) is 30.5 Å². The molecule has 1 amide bonds. The van der Waals surface area contributed by atoms with E-state index in [2.05, 4.69) is 17.6 Å². The summed E-state index contributed by atoms with van der Waals surface area (Å²) in [5.41, 5.74) is 2.82. The van der Waals surface area contributed by atoms with Crippen molar-refractivity contribution in [1.29, 1.82) is 0 Å². The van der Waals surface area contributed by atoms with Crippen LogP contribution in [0.1, 0.15) is 31.5 Å². The molecule has 1 aliphatic heterocycles. The highest BCUT2D eigenvalue weighted by Gasteiger charge is 2.36. The molecule has 5 nitrogen and oxygen atoms in total. The van der Waals surface area contributed by atoms with Gasteiger partial charge < -0.3 is 14.2 Å². The standard InChI is InChI=1S/C21H22ClN3O2/c1-3-10-24-17-7-5-4-6-16(17)23-21(24)14-11-20(26)25(13-14)18-12-15(22)8-9-19(18)27-2/h4-9,12,14H,3,10-11,13H2,1-2H3/t14-/m1/s1. The molecule has 0 unspecified atom stereocenters. The molecule has 140 valence electrons. The van der Waals surface area contributed by atoms with E-state index in [9.17, 15) is 4.79 Å². The number of rotatable bonds is 5. The SMILES string of the molecule is CCCn1c([C@@H]2CC(=O)N(c3cc(Cl)ccc3OC)C2)nc2ccccc21. The van der Waals surface area contributed by atoms with E-state index in [0.29, 0.717) is 23.7 Å². The summed E-state index contributed by atoms with van der Waals surface area (Å²) < 4.78 is 7.69. The zero-order valence-corrected chi connectivity index (χ0v) is 16.2. The van der Waals surface area contributed by atoms with E-state index in [1.165, 1.54) is 0 Å². The number of ether oxygens (including phenoxy) is 1. The van der Waals surface area contributed by atoms with Crippen molar-refractivity contribution in [3.63, 3.8) is 0 Å². The molecule has 0 aliphatic carbocycles. The molecule has 1 fully saturated rings. The number of methoxy groups -OCH3 is 1. The van der Waals surface area contributed by atoms with Crippen LogP contribution in [-0.4, -0.2) is 29.1 Å². The van der Waals surface area contributed by atoms with Gasteiger partial charge in [0.25, 0.3) is 0 Å². The van der Waals surface area contributed by atoms with Crippen LogP contribution in [0.15, 0.2) is 42.5 Å². The average Bonchev–Trinajstić information content (AvgIpc) is 3.23. The lowest BCUT2D eigenvalue weighted by Gasteiger charge is -2.20. The summed E-state index contributed by atoms with van der Waals surface area (Å²) in [7, 11) is 1.60. The Bertz CT molecular complexity index is 998. The summed E-state index contributed by atoms with van der Waals surface area (Å²) in [5, 5.41) is 0.584. The third kappa shape index (κ3) is 3.16. The minimum atomic E-state index is 0.0418. The van der Waals surface area contributed by atoms with Crippen LogP contribution in [0.3, 0.4) is 0 Å². The Balaban J connectivity index is 1.72. The van der Waals surface area contributed by atoms with Crippen molar-refractivity contribution in [2.24, 2.45) is 0 Å². The van der Waals surface area contributed by atoms with E-state index in [0.717, 1.165) is 35.5 Å². The van der Waals surface area contributed by atoms with Crippen molar-refractivity contribution < 1.29 is 9.53 Å². The zero-order valence-electron chi connectivity index (χ0n) is 15.5. The second kappa shape index (κ2) is 7.24. The molecule has 0 bridgehead atoms. The number of carbonyl (C=O) groups excluding carboxylic acids is 1. The molecule has 0 saturated carbocycles. The Morgan fingerprint density at radius 2 is 2.07 bits per heavy atom. The number of nitrogens with zero attached hydrogens (tertiary/aromatic N) is 3. The van der Waals surface area contributed by atoms with Gasteiger partial charge in [0.2, 0.25) is 5.91 Å². The molecule has 1 aliphatic rings. The fourth-order valence-electron chi connectivity index (χ4n) is 3.85. The van der Waals surface area contributed by atoms with Crippen LogP contribution in [0.5, 0.6) is 5.75 Å². The molecule has 4 rings (SSSR count). The molecule has 27 heavy (non-hydrogen) atoms. The normalized spacial score (nSPS) is 17.1. The minimum absolute atomic E-state index is 0.0418. The summed E-state index contributed by atoms with van der Waals surface area (Å²) in [6, 6.07) is 13.5. The fourth-order valence-corrected chi connectivity index (χ4v) is 4.02. The van der Waals surface area contributed by atoms with E-state index in [1.807, 2.05) is 18.2 Å². The van der Waals surface area contributed by atoms with Gasteiger partial charge in [0.1, 0.15) is 11.6 Å². The highest BCUT2D eigenvalue weighted by atomic mass is 35.5. The second-order valence-electron chi connectivity index (χ2n) is 6.83. The van der Waals surface area contributed by atoms with Crippen molar-refractivity contribution in [3.8, 4) is 5.75 Å². The first-order valence-corrected chi connectivity index (χ1v) is 9.59. The predicted molar refractivity (Wildman–Crippen MR) is 108 cm³/mol. The van der Waals surface area contributed by atoms with Gasteiger partial charge in [-0.15, -0.1) is 0 Å². The number of hydrogen-bond donors (Lipinski definition) is 0. The predicted octanol–water partition coefficient (Wildman–Crippen LogP) is 4.63. The van der Waals surface area contributed by atoms with Crippen LogP contribution >= 0.6 is 11.6 Å². The van der Waals surface area contributed by atoms with E-state index in [-0.39, 0.29) is 11.8 Å². The van der Waals surface area contributed by atoms with Crippen LogP contribution in [0.4, 0.5) is 5.69 Å². The van der Waals surface area contributed by atoms with Crippen LogP contribution in [0, 0.1) is 0 Å². The molecule has 1 saturated heterocycles. The van der Waals surface area contributed by atoms with E-state index >= 15 is 0 Å². The van der Waals surface area contributed by atoms with Crippen LogP contribution < -0.4 is 9.64 Å². The Hall–Kier alpha value is -2.53. The summed E-state index contributed by atoms with van der Waals surface area (Å²) in [6.07, 6.45) is 1.45. The highest BCUT2D eigenvalue weighted by Crippen LogP contribution is 2.38. The minimum Gasteiger partial charge on any atom is -0.495 e. The average molecular weight is 384 g/mol. The smallest absolute Gasteiger partial charge is 0.227 e. The quantitative estimate of drug-likeness (QED) is 0.645. The lowest BCUT2D eigenvalue weighted by atomic mass is 10.1. The van der Waals surface area contributed by atoms with E-state index < -0.39 is 0 Å². The van der Waals surface area contributed by atoms with Crippen molar-refractivity contribution in [2.75, 3.05) is 18.6 Å². The molecular formula is C21H22ClN3O2. The molecule has 2 aromatic carbocycles. The first-order chi connectivity index (χ1) is 13.1. The number of aromatic nitrogens is 2. The van der Waals surface area contributed by atoms with Gasteiger partial charge in [-0.2, -0.15) is 0 Å². The van der Waals surface area contributed by atoms with Crippen LogP contribution in [-0.2, 0) is 11.3 Å².